The molecule has 0 saturated carbocycles. The van der Waals surface area contributed by atoms with Gasteiger partial charge in [-0.25, -0.2) is 0 Å². The van der Waals surface area contributed by atoms with Crippen LogP contribution >= 0.6 is 0 Å². The molecule has 2 aromatic rings. The van der Waals surface area contributed by atoms with Gasteiger partial charge in [0.1, 0.15) is 36.1 Å². The van der Waals surface area contributed by atoms with Crippen LogP contribution in [-0.4, -0.2) is 54.0 Å². The van der Waals surface area contributed by atoms with Gasteiger partial charge >= 0.3 is 0 Å². The van der Waals surface area contributed by atoms with E-state index < -0.39 is 29.5 Å². The Morgan fingerprint density at radius 1 is 1.06 bits per heavy atom. The van der Waals surface area contributed by atoms with Crippen molar-refractivity contribution in [2.75, 3.05) is 20.8 Å². The van der Waals surface area contributed by atoms with Crippen LogP contribution in [0.4, 0.5) is 0 Å². The zero-order valence-electron chi connectivity index (χ0n) is 17.8. The van der Waals surface area contributed by atoms with E-state index in [0.717, 1.165) is 5.56 Å². The molecule has 0 bridgehead atoms. The Hall–Kier alpha value is -2.68. The summed E-state index contributed by atoms with van der Waals surface area (Å²) in [6.45, 7) is 3.42. The van der Waals surface area contributed by atoms with Crippen LogP contribution in [-0.2, 0) is 12.0 Å². The maximum absolute atomic E-state index is 11.7. The summed E-state index contributed by atoms with van der Waals surface area (Å²) >= 11 is 0. The lowest BCUT2D eigenvalue weighted by Crippen LogP contribution is -2.56. The Morgan fingerprint density at radius 2 is 1.77 bits per heavy atom. The molecule has 5 rings (SSSR count). The molecule has 0 spiro atoms. The Bertz CT molecular complexity index is 1040. The van der Waals surface area contributed by atoms with Crippen molar-refractivity contribution >= 4 is 0 Å². The van der Waals surface area contributed by atoms with Crippen molar-refractivity contribution in [1.29, 1.82) is 0 Å². The minimum atomic E-state index is -1.75. The van der Waals surface area contributed by atoms with E-state index in [1.165, 1.54) is 14.2 Å². The fraction of sp³-hybridized carbons (Fsp3) is 0.478. The molecular formula is C23H26O8. The lowest BCUT2D eigenvalue weighted by Gasteiger charge is -2.47. The molecule has 3 N–H and O–H groups in total. The minimum absolute atomic E-state index is 0.0366. The maximum Gasteiger partial charge on any atom is 0.168 e. The van der Waals surface area contributed by atoms with Crippen molar-refractivity contribution in [3.05, 3.63) is 41.0 Å². The van der Waals surface area contributed by atoms with Crippen LogP contribution < -0.4 is 23.7 Å². The van der Waals surface area contributed by atoms with Crippen LogP contribution in [0, 0.1) is 0 Å². The van der Waals surface area contributed by atoms with Crippen LogP contribution in [0.5, 0.6) is 28.7 Å². The molecule has 8 nitrogen and oxygen atoms in total. The number of rotatable bonds is 3. The monoisotopic (exact) mass is 430 g/mol. The third-order valence-corrected chi connectivity index (χ3v) is 6.46. The van der Waals surface area contributed by atoms with Gasteiger partial charge in [0.15, 0.2) is 23.2 Å². The van der Waals surface area contributed by atoms with E-state index in [0.29, 0.717) is 46.3 Å². The molecule has 2 aromatic carbocycles. The Kier molecular flexibility index (Phi) is 4.35. The van der Waals surface area contributed by atoms with E-state index in [-0.39, 0.29) is 6.61 Å². The predicted octanol–water partition coefficient (Wildman–Crippen LogP) is 1.85. The van der Waals surface area contributed by atoms with Crippen LogP contribution in [0.2, 0.25) is 0 Å². The Labute approximate surface area is 179 Å². The number of ether oxygens (including phenoxy) is 5. The number of benzene rings is 2. The molecule has 3 aliphatic rings. The van der Waals surface area contributed by atoms with Gasteiger partial charge in [0.25, 0.3) is 0 Å². The van der Waals surface area contributed by atoms with Crippen LogP contribution in [0.15, 0.2) is 24.3 Å². The molecular weight excluding hydrogens is 404 g/mol. The van der Waals surface area contributed by atoms with Crippen molar-refractivity contribution in [3.63, 3.8) is 0 Å². The van der Waals surface area contributed by atoms with Crippen molar-refractivity contribution in [3.8, 4) is 28.7 Å². The third kappa shape index (κ3) is 2.78. The maximum atomic E-state index is 11.7. The van der Waals surface area contributed by atoms with Crippen LogP contribution in [0.3, 0.4) is 0 Å². The molecule has 31 heavy (non-hydrogen) atoms. The minimum Gasteiger partial charge on any atom is -0.493 e. The second-order valence-electron chi connectivity index (χ2n) is 8.77. The highest BCUT2D eigenvalue weighted by atomic mass is 16.6. The average molecular weight is 430 g/mol. The molecule has 0 unspecified atom stereocenters. The average Bonchev–Trinajstić information content (AvgIpc) is 3.19. The summed E-state index contributed by atoms with van der Waals surface area (Å²) in [5.74, 6) is 2.34. The molecule has 0 amide bonds. The van der Waals surface area contributed by atoms with Crippen LogP contribution in [0.1, 0.15) is 36.6 Å². The smallest absolute Gasteiger partial charge is 0.168 e. The van der Waals surface area contributed by atoms with E-state index in [2.05, 4.69) is 0 Å². The SMILES string of the molecule is COc1cc2c(cc1OC)[C@]1(O)[C@H](O)c3ccc4c(c3O[C@@H]1CO2)C[C@H](C(C)(C)O)O4. The molecule has 0 fully saturated rings. The highest BCUT2D eigenvalue weighted by Gasteiger charge is 2.56. The molecule has 0 radical (unpaired) electrons. The van der Waals surface area contributed by atoms with Gasteiger partial charge in [0.2, 0.25) is 0 Å². The first-order valence-electron chi connectivity index (χ1n) is 10.2. The first kappa shape index (κ1) is 20.2. The summed E-state index contributed by atoms with van der Waals surface area (Å²) in [6.07, 6.45) is -2.13. The fourth-order valence-corrected chi connectivity index (χ4v) is 4.65. The lowest BCUT2D eigenvalue weighted by molar-refractivity contribution is -0.179. The van der Waals surface area contributed by atoms with Crippen molar-refractivity contribution < 1.29 is 39.0 Å². The summed E-state index contributed by atoms with van der Waals surface area (Å²) in [5.41, 5.74) is -1.19. The van der Waals surface area contributed by atoms with Gasteiger partial charge in [-0.05, 0) is 32.0 Å². The van der Waals surface area contributed by atoms with Crippen molar-refractivity contribution in [2.45, 2.75) is 49.8 Å². The van der Waals surface area contributed by atoms with Crippen molar-refractivity contribution in [1.82, 2.24) is 0 Å². The molecule has 3 aliphatic heterocycles. The highest BCUT2D eigenvalue weighted by Crippen LogP contribution is 2.55. The van der Waals surface area contributed by atoms with Gasteiger partial charge in [0.05, 0.1) is 19.8 Å². The second-order valence-corrected chi connectivity index (χ2v) is 8.77. The first-order chi connectivity index (χ1) is 14.7. The highest BCUT2D eigenvalue weighted by molar-refractivity contribution is 5.59. The summed E-state index contributed by atoms with van der Waals surface area (Å²) in [7, 11) is 3.02. The van der Waals surface area contributed by atoms with Gasteiger partial charge in [-0.3, -0.25) is 0 Å². The summed E-state index contributed by atoms with van der Waals surface area (Å²) < 4.78 is 28.7. The summed E-state index contributed by atoms with van der Waals surface area (Å²) in [6, 6.07) is 6.68. The molecule has 166 valence electrons. The standard InChI is InChI=1S/C23H26O8/c1-22(2,25)18-7-12-14(30-18)6-5-11-20(12)31-19-10-29-15-9-17(28-4)16(27-3)8-13(15)23(19,26)21(11)24/h5-6,8-9,18-19,21,24-26H,7,10H2,1-4H3/t18-,19-,21-,23-/m1/s1. The second kappa shape index (κ2) is 6.66. The Balaban J connectivity index is 1.61. The number of fused-ring (bicyclic) bond motifs is 6. The van der Waals surface area contributed by atoms with E-state index in [9.17, 15) is 15.3 Å². The number of hydrogen-bond donors (Lipinski definition) is 3. The van der Waals surface area contributed by atoms with Gasteiger partial charge in [-0.2, -0.15) is 0 Å². The molecule has 0 aromatic heterocycles. The number of aliphatic hydroxyl groups excluding tert-OH is 1. The lowest BCUT2D eigenvalue weighted by atomic mass is 9.75. The number of aliphatic hydroxyl groups is 3. The van der Waals surface area contributed by atoms with Gasteiger partial charge in [0, 0.05) is 29.2 Å². The fourth-order valence-electron chi connectivity index (χ4n) is 4.65. The van der Waals surface area contributed by atoms with Gasteiger partial charge < -0.3 is 39.0 Å². The molecule has 0 aliphatic carbocycles. The molecule has 8 heteroatoms. The van der Waals surface area contributed by atoms with E-state index in [1.54, 1.807) is 38.1 Å². The van der Waals surface area contributed by atoms with E-state index in [4.69, 9.17) is 23.7 Å². The summed E-state index contributed by atoms with van der Waals surface area (Å²) in [5, 5.41) is 33.5. The number of methoxy groups -OCH3 is 2. The first-order valence-corrected chi connectivity index (χ1v) is 10.2. The molecule has 3 heterocycles. The number of hydrogen-bond acceptors (Lipinski definition) is 8. The van der Waals surface area contributed by atoms with Gasteiger partial charge in [-0.1, -0.05) is 0 Å². The quantitative estimate of drug-likeness (QED) is 0.678. The third-order valence-electron chi connectivity index (χ3n) is 6.46. The topological polar surface area (TPSA) is 107 Å². The van der Waals surface area contributed by atoms with Gasteiger partial charge in [-0.15, -0.1) is 0 Å². The zero-order valence-corrected chi connectivity index (χ0v) is 17.8. The predicted molar refractivity (Wildman–Crippen MR) is 109 cm³/mol. The van der Waals surface area contributed by atoms with Crippen molar-refractivity contribution in [2.24, 2.45) is 0 Å². The Morgan fingerprint density at radius 3 is 2.45 bits per heavy atom. The summed E-state index contributed by atoms with van der Waals surface area (Å²) in [4.78, 5) is 0. The van der Waals surface area contributed by atoms with E-state index in [1.807, 2.05) is 0 Å². The normalized spacial score (nSPS) is 28.2. The largest absolute Gasteiger partial charge is 0.493 e. The molecule has 0 saturated heterocycles. The molecule has 4 atom stereocenters. The van der Waals surface area contributed by atoms with Crippen LogP contribution in [0.25, 0.3) is 0 Å². The zero-order chi connectivity index (χ0) is 22.1. The van der Waals surface area contributed by atoms with E-state index >= 15 is 0 Å².